The molecule has 32 heavy (non-hydrogen) atoms. The number of hydrogen-bond acceptors (Lipinski definition) is 6. The van der Waals surface area contributed by atoms with Crippen LogP contribution in [0.4, 0.5) is 11.5 Å². The van der Waals surface area contributed by atoms with Crippen molar-refractivity contribution >= 4 is 34.7 Å². The number of anilines is 2. The van der Waals surface area contributed by atoms with Gasteiger partial charge >= 0.3 is 0 Å². The van der Waals surface area contributed by atoms with Crippen molar-refractivity contribution in [1.82, 2.24) is 9.97 Å². The number of aliphatic hydroxyl groups excluding tert-OH is 1. The van der Waals surface area contributed by atoms with Crippen LogP contribution in [0.25, 0.3) is 11.1 Å². The Bertz CT molecular complexity index is 932. The molecule has 0 aromatic carbocycles. The summed E-state index contributed by atoms with van der Waals surface area (Å²) in [6.07, 6.45) is 8.77. The summed E-state index contributed by atoms with van der Waals surface area (Å²) < 4.78 is 5.83. The Morgan fingerprint density at radius 3 is 2.59 bits per heavy atom. The van der Waals surface area contributed by atoms with E-state index in [-0.39, 0.29) is 11.7 Å². The van der Waals surface area contributed by atoms with Crippen molar-refractivity contribution in [3.63, 3.8) is 0 Å². The SMILES string of the molecule is CC1(C)CC(CNc2cnc(Cl)c(-c3cc(NC4CCC(O)CC4)ncc3Cl)c2)CCO1. The van der Waals surface area contributed by atoms with Crippen molar-refractivity contribution in [3.05, 3.63) is 34.7 Å². The van der Waals surface area contributed by atoms with Crippen LogP contribution in [0.2, 0.25) is 10.2 Å². The first-order chi connectivity index (χ1) is 15.3. The summed E-state index contributed by atoms with van der Waals surface area (Å²) in [5, 5.41) is 17.7. The minimum atomic E-state index is -0.186. The molecule has 3 heterocycles. The molecule has 1 aliphatic carbocycles. The molecule has 2 aliphatic rings. The number of rotatable bonds is 6. The lowest BCUT2D eigenvalue weighted by molar-refractivity contribution is -0.0699. The molecule has 2 aromatic rings. The molecule has 1 unspecified atom stereocenters. The van der Waals surface area contributed by atoms with Crippen LogP contribution in [-0.2, 0) is 4.74 Å². The van der Waals surface area contributed by atoms with Crippen molar-refractivity contribution in [2.75, 3.05) is 23.8 Å². The molecule has 2 fully saturated rings. The molecule has 0 bridgehead atoms. The van der Waals surface area contributed by atoms with Gasteiger partial charge in [-0.25, -0.2) is 9.97 Å². The number of nitrogens with zero attached hydrogens (tertiary/aromatic N) is 2. The third kappa shape index (κ3) is 6.04. The normalized spacial score (nSPS) is 25.3. The van der Waals surface area contributed by atoms with Gasteiger partial charge in [-0.3, -0.25) is 0 Å². The summed E-state index contributed by atoms with van der Waals surface area (Å²) in [7, 11) is 0. The van der Waals surface area contributed by atoms with E-state index in [9.17, 15) is 5.11 Å². The van der Waals surface area contributed by atoms with Gasteiger partial charge in [0.25, 0.3) is 0 Å². The molecule has 1 aliphatic heterocycles. The lowest BCUT2D eigenvalue weighted by atomic mass is 9.88. The molecular formula is C24H32Cl2N4O2. The highest BCUT2D eigenvalue weighted by molar-refractivity contribution is 6.36. The molecule has 3 N–H and O–H groups in total. The second-order valence-electron chi connectivity index (χ2n) is 9.61. The number of nitrogens with one attached hydrogen (secondary N) is 2. The Hall–Kier alpha value is -1.60. The quantitative estimate of drug-likeness (QED) is 0.456. The van der Waals surface area contributed by atoms with E-state index in [1.165, 1.54) is 0 Å². The van der Waals surface area contributed by atoms with Crippen LogP contribution in [0.15, 0.2) is 24.5 Å². The predicted molar refractivity (Wildman–Crippen MR) is 131 cm³/mol. The first kappa shape index (κ1) is 23.6. The van der Waals surface area contributed by atoms with Gasteiger partial charge in [-0.05, 0) is 70.4 Å². The lowest BCUT2D eigenvalue weighted by Gasteiger charge is -2.35. The number of pyridine rings is 2. The Labute approximate surface area is 200 Å². The van der Waals surface area contributed by atoms with Crippen molar-refractivity contribution in [2.24, 2.45) is 5.92 Å². The molecule has 0 amide bonds. The summed E-state index contributed by atoms with van der Waals surface area (Å²) in [5.41, 5.74) is 2.42. The summed E-state index contributed by atoms with van der Waals surface area (Å²) in [6.45, 7) is 5.95. The first-order valence-electron chi connectivity index (χ1n) is 11.4. The molecule has 4 rings (SSSR count). The van der Waals surface area contributed by atoms with Crippen LogP contribution in [0.3, 0.4) is 0 Å². The molecule has 6 nitrogen and oxygen atoms in total. The Morgan fingerprint density at radius 2 is 1.84 bits per heavy atom. The largest absolute Gasteiger partial charge is 0.393 e. The summed E-state index contributed by atoms with van der Waals surface area (Å²) in [4.78, 5) is 8.84. The van der Waals surface area contributed by atoms with Crippen LogP contribution >= 0.6 is 23.2 Å². The van der Waals surface area contributed by atoms with Gasteiger partial charge in [0.2, 0.25) is 0 Å². The molecule has 0 radical (unpaired) electrons. The van der Waals surface area contributed by atoms with Crippen LogP contribution < -0.4 is 10.6 Å². The van der Waals surface area contributed by atoms with Crippen molar-refractivity contribution in [3.8, 4) is 11.1 Å². The second kappa shape index (κ2) is 10.1. The van der Waals surface area contributed by atoms with Crippen LogP contribution in [0.5, 0.6) is 0 Å². The zero-order chi connectivity index (χ0) is 22.7. The van der Waals surface area contributed by atoms with Gasteiger partial charge in [-0.1, -0.05) is 23.2 Å². The molecule has 1 saturated heterocycles. The third-order valence-electron chi connectivity index (χ3n) is 6.43. The first-order valence-corrected chi connectivity index (χ1v) is 12.2. The third-order valence-corrected chi connectivity index (χ3v) is 7.03. The summed E-state index contributed by atoms with van der Waals surface area (Å²) in [5.74, 6) is 1.30. The highest BCUT2D eigenvalue weighted by Gasteiger charge is 2.28. The molecule has 1 atom stereocenters. The highest BCUT2D eigenvalue weighted by atomic mass is 35.5. The number of hydrogen-bond donors (Lipinski definition) is 3. The van der Waals surface area contributed by atoms with E-state index in [0.29, 0.717) is 22.1 Å². The van der Waals surface area contributed by atoms with E-state index < -0.39 is 0 Å². The average molecular weight is 479 g/mol. The second-order valence-corrected chi connectivity index (χ2v) is 10.4. The van der Waals surface area contributed by atoms with Crippen molar-refractivity contribution in [1.29, 1.82) is 0 Å². The van der Waals surface area contributed by atoms with E-state index >= 15 is 0 Å². The molecular weight excluding hydrogens is 447 g/mol. The smallest absolute Gasteiger partial charge is 0.137 e. The number of aromatic nitrogens is 2. The monoisotopic (exact) mass is 478 g/mol. The Balaban J connectivity index is 1.48. The van der Waals surface area contributed by atoms with Gasteiger partial charge in [0.05, 0.1) is 28.6 Å². The van der Waals surface area contributed by atoms with Crippen LogP contribution in [0, 0.1) is 5.92 Å². The van der Waals surface area contributed by atoms with Crippen molar-refractivity contribution in [2.45, 2.75) is 70.1 Å². The van der Waals surface area contributed by atoms with Gasteiger partial charge in [0, 0.05) is 36.5 Å². The van der Waals surface area contributed by atoms with E-state index in [2.05, 4.69) is 34.4 Å². The van der Waals surface area contributed by atoms with E-state index in [1.54, 1.807) is 12.4 Å². The molecule has 174 valence electrons. The summed E-state index contributed by atoms with van der Waals surface area (Å²) >= 11 is 13.0. The Kier molecular flexibility index (Phi) is 7.45. The van der Waals surface area contributed by atoms with Crippen LogP contribution in [-0.4, -0.2) is 46.0 Å². The molecule has 8 heteroatoms. The minimum Gasteiger partial charge on any atom is -0.393 e. The van der Waals surface area contributed by atoms with E-state index in [0.717, 1.165) is 74.3 Å². The molecule has 0 spiro atoms. The molecule has 1 saturated carbocycles. The average Bonchev–Trinajstić information content (AvgIpc) is 2.75. The Morgan fingerprint density at radius 1 is 1.06 bits per heavy atom. The summed E-state index contributed by atoms with van der Waals surface area (Å²) in [6, 6.07) is 4.23. The fourth-order valence-corrected chi connectivity index (χ4v) is 5.09. The maximum Gasteiger partial charge on any atom is 0.137 e. The van der Waals surface area contributed by atoms with E-state index in [4.69, 9.17) is 27.9 Å². The molecule has 2 aromatic heterocycles. The topological polar surface area (TPSA) is 79.3 Å². The van der Waals surface area contributed by atoms with Gasteiger partial charge in [-0.15, -0.1) is 0 Å². The maximum atomic E-state index is 9.74. The van der Waals surface area contributed by atoms with E-state index in [1.807, 2.05) is 12.1 Å². The van der Waals surface area contributed by atoms with Gasteiger partial charge in [0.15, 0.2) is 0 Å². The van der Waals surface area contributed by atoms with Crippen molar-refractivity contribution < 1.29 is 9.84 Å². The number of ether oxygens (including phenoxy) is 1. The van der Waals surface area contributed by atoms with Gasteiger partial charge < -0.3 is 20.5 Å². The highest BCUT2D eigenvalue weighted by Crippen LogP contribution is 2.36. The van der Waals surface area contributed by atoms with Crippen LogP contribution in [0.1, 0.15) is 52.4 Å². The lowest BCUT2D eigenvalue weighted by Crippen LogP contribution is -2.36. The fraction of sp³-hybridized carbons (Fsp3) is 0.583. The fourth-order valence-electron chi connectivity index (χ4n) is 4.68. The minimum absolute atomic E-state index is 0.0710. The predicted octanol–water partition coefficient (Wildman–Crippen LogP) is 5.78. The van der Waals surface area contributed by atoms with Gasteiger partial charge in [-0.2, -0.15) is 0 Å². The van der Waals surface area contributed by atoms with Gasteiger partial charge in [0.1, 0.15) is 11.0 Å². The zero-order valence-electron chi connectivity index (χ0n) is 18.7. The zero-order valence-corrected chi connectivity index (χ0v) is 20.2. The standard InChI is InChI=1S/C24H32Cl2N4O2/c1-24(2)11-15(7-8-32-24)12-27-17-9-20(23(26)29-13-17)19-10-22(28-14-21(19)25)30-16-3-5-18(31)6-4-16/h9-10,13-16,18,27,31H,3-8,11-12H2,1-2H3,(H,28,30). The maximum absolute atomic E-state index is 9.74. The number of halogens is 2. The number of aliphatic hydroxyl groups is 1.